The Kier molecular flexibility index (Phi) is 6.90. The van der Waals surface area contributed by atoms with Gasteiger partial charge in [0.15, 0.2) is 0 Å². The molecule has 3 rings (SSSR count). The van der Waals surface area contributed by atoms with Crippen molar-refractivity contribution in [1.29, 1.82) is 0 Å². The summed E-state index contributed by atoms with van der Waals surface area (Å²) in [6.07, 6.45) is 2.89. The lowest BCUT2D eigenvalue weighted by Crippen LogP contribution is -2.21. The number of amides is 2. The molecule has 0 aliphatic rings. The zero-order chi connectivity index (χ0) is 20.8. The van der Waals surface area contributed by atoms with E-state index in [9.17, 15) is 9.90 Å². The lowest BCUT2D eigenvalue weighted by molar-refractivity contribution is 0.262. The average Bonchev–Trinajstić information content (AvgIpc) is 3.12. The summed E-state index contributed by atoms with van der Waals surface area (Å²) >= 11 is 6.28. The smallest absolute Gasteiger partial charge is 0.324 e. The third-order valence-electron chi connectivity index (χ3n) is 4.57. The van der Waals surface area contributed by atoms with Crippen LogP contribution in [0.1, 0.15) is 36.6 Å². The van der Waals surface area contributed by atoms with Crippen molar-refractivity contribution in [1.82, 2.24) is 9.78 Å². The fourth-order valence-corrected chi connectivity index (χ4v) is 3.17. The Bertz CT molecular complexity index is 1000. The van der Waals surface area contributed by atoms with Gasteiger partial charge in [0.05, 0.1) is 28.7 Å². The number of hydrogen-bond donors (Lipinski definition) is 3. The number of nitrogens with one attached hydrogen (secondary N) is 2. The first kappa shape index (κ1) is 20.9. The van der Waals surface area contributed by atoms with Crippen molar-refractivity contribution in [2.45, 2.75) is 39.7 Å². The van der Waals surface area contributed by atoms with E-state index < -0.39 is 6.03 Å². The summed E-state index contributed by atoms with van der Waals surface area (Å²) in [5.41, 5.74) is 3.87. The molecule has 0 spiro atoms. The van der Waals surface area contributed by atoms with E-state index in [2.05, 4.69) is 22.7 Å². The number of rotatable bonds is 7. The van der Waals surface area contributed by atoms with Gasteiger partial charge in [-0.3, -0.25) is 5.32 Å². The van der Waals surface area contributed by atoms with Gasteiger partial charge >= 0.3 is 6.03 Å². The van der Waals surface area contributed by atoms with Gasteiger partial charge in [-0.15, -0.1) is 0 Å². The van der Waals surface area contributed by atoms with Crippen LogP contribution in [0.25, 0.3) is 5.69 Å². The highest BCUT2D eigenvalue weighted by molar-refractivity contribution is 6.34. The molecule has 0 radical (unpaired) electrons. The second-order valence-electron chi connectivity index (χ2n) is 6.88. The number of aliphatic hydroxyl groups is 1. The molecule has 7 heteroatoms. The van der Waals surface area contributed by atoms with E-state index in [1.165, 1.54) is 0 Å². The van der Waals surface area contributed by atoms with E-state index in [1.54, 1.807) is 10.7 Å². The number of carbonyl (C=O) groups is 1. The van der Waals surface area contributed by atoms with Gasteiger partial charge in [0.2, 0.25) is 0 Å². The Labute approximate surface area is 175 Å². The van der Waals surface area contributed by atoms with E-state index in [4.69, 9.17) is 11.6 Å². The number of benzene rings is 2. The predicted molar refractivity (Wildman–Crippen MR) is 117 cm³/mol. The predicted octanol–water partition coefficient (Wildman–Crippen LogP) is 5.31. The van der Waals surface area contributed by atoms with Gasteiger partial charge in [0.25, 0.3) is 0 Å². The fraction of sp³-hybridized carbons (Fsp3) is 0.273. The third kappa shape index (κ3) is 5.16. The zero-order valence-corrected chi connectivity index (χ0v) is 17.3. The summed E-state index contributed by atoms with van der Waals surface area (Å²) < 4.78 is 1.68. The number of halogens is 1. The average molecular weight is 413 g/mol. The van der Waals surface area contributed by atoms with Gasteiger partial charge < -0.3 is 10.4 Å². The van der Waals surface area contributed by atoms with Gasteiger partial charge in [-0.2, -0.15) is 5.10 Å². The van der Waals surface area contributed by atoms with Crippen molar-refractivity contribution < 1.29 is 9.90 Å². The van der Waals surface area contributed by atoms with Crippen molar-refractivity contribution in [2.75, 3.05) is 10.6 Å². The maximum Gasteiger partial charge on any atom is 0.324 e. The first-order chi connectivity index (χ1) is 14.0. The van der Waals surface area contributed by atoms with Crippen LogP contribution in [-0.2, 0) is 13.0 Å². The standard InChI is InChI=1S/C22H25ClN4O2/c1-3-4-9-17-13-20(27(26-17)18-10-6-8-16(12-18)14-28)25-22(29)24-19-11-5-7-15(2)21(19)23/h5-8,10-13,28H,3-4,9,14H2,1-2H3,(H2,24,25,29). The van der Waals surface area contributed by atoms with Crippen LogP contribution >= 0.6 is 11.6 Å². The first-order valence-electron chi connectivity index (χ1n) is 9.64. The highest BCUT2D eigenvalue weighted by atomic mass is 35.5. The van der Waals surface area contributed by atoms with Crippen LogP contribution in [0.3, 0.4) is 0 Å². The van der Waals surface area contributed by atoms with Crippen LogP contribution in [-0.4, -0.2) is 20.9 Å². The molecule has 0 aliphatic carbocycles. The fourth-order valence-electron chi connectivity index (χ4n) is 3.00. The van der Waals surface area contributed by atoms with Gasteiger partial charge in [-0.05, 0) is 49.1 Å². The summed E-state index contributed by atoms with van der Waals surface area (Å²) in [4.78, 5) is 12.6. The molecular weight excluding hydrogens is 388 g/mol. The second kappa shape index (κ2) is 9.58. The molecule has 29 heavy (non-hydrogen) atoms. The first-order valence-corrected chi connectivity index (χ1v) is 10.0. The molecule has 6 nitrogen and oxygen atoms in total. The monoisotopic (exact) mass is 412 g/mol. The summed E-state index contributed by atoms with van der Waals surface area (Å²) in [6.45, 7) is 3.95. The summed E-state index contributed by atoms with van der Waals surface area (Å²) in [7, 11) is 0. The van der Waals surface area contributed by atoms with Crippen molar-refractivity contribution in [3.05, 3.63) is 70.4 Å². The van der Waals surface area contributed by atoms with E-state index >= 15 is 0 Å². The lowest BCUT2D eigenvalue weighted by Gasteiger charge is -2.12. The van der Waals surface area contributed by atoms with Crippen LogP contribution in [0.15, 0.2) is 48.5 Å². The molecule has 152 valence electrons. The number of hydrogen-bond acceptors (Lipinski definition) is 3. The molecular formula is C22H25ClN4O2. The number of aliphatic hydroxyl groups excluding tert-OH is 1. The van der Waals surface area contributed by atoms with E-state index in [1.807, 2.05) is 49.4 Å². The molecule has 1 heterocycles. The highest BCUT2D eigenvalue weighted by Gasteiger charge is 2.14. The minimum Gasteiger partial charge on any atom is -0.392 e. The SMILES string of the molecule is CCCCc1cc(NC(=O)Nc2cccc(C)c2Cl)n(-c2cccc(CO)c2)n1. The van der Waals surface area contributed by atoms with Crippen LogP contribution in [0.4, 0.5) is 16.3 Å². The number of aryl methyl sites for hydroxylation is 2. The largest absolute Gasteiger partial charge is 0.392 e. The summed E-state index contributed by atoms with van der Waals surface area (Å²) in [5, 5.41) is 20.3. The van der Waals surface area contributed by atoms with Gasteiger partial charge in [-0.1, -0.05) is 49.2 Å². The van der Waals surface area contributed by atoms with Crippen molar-refractivity contribution in [3.63, 3.8) is 0 Å². The minimum atomic E-state index is -0.404. The Morgan fingerprint density at radius 3 is 2.72 bits per heavy atom. The maximum absolute atomic E-state index is 12.6. The van der Waals surface area contributed by atoms with Gasteiger partial charge in [-0.25, -0.2) is 9.48 Å². The van der Waals surface area contributed by atoms with Crippen molar-refractivity contribution >= 4 is 29.1 Å². The second-order valence-corrected chi connectivity index (χ2v) is 7.26. The van der Waals surface area contributed by atoms with Gasteiger partial charge in [0, 0.05) is 6.07 Å². The Balaban J connectivity index is 1.87. The minimum absolute atomic E-state index is 0.0626. The molecule has 2 amide bonds. The molecule has 0 bridgehead atoms. The number of carbonyl (C=O) groups excluding carboxylic acids is 1. The van der Waals surface area contributed by atoms with E-state index in [0.717, 1.165) is 41.8 Å². The van der Waals surface area contributed by atoms with E-state index in [-0.39, 0.29) is 6.61 Å². The topological polar surface area (TPSA) is 79.2 Å². The molecule has 1 aromatic heterocycles. The molecule has 0 aliphatic heterocycles. The summed E-state index contributed by atoms with van der Waals surface area (Å²) in [5.74, 6) is 0.549. The van der Waals surface area contributed by atoms with Crippen LogP contribution in [0.5, 0.6) is 0 Å². The Morgan fingerprint density at radius 1 is 1.17 bits per heavy atom. The number of aromatic nitrogens is 2. The molecule has 0 saturated heterocycles. The zero-order valence-electron chi connectivity index (χ0n) is 16.6. The van der Waals surface area contributed by atoms with Crippen molar-refractivity contribution in [2.24, 2.45) is 0 Å². The van der Waals surface area contributed by atoms with Crippen LogP contribution in [0.2, 0.25) is 5.02 Å². The Hall–Kier alpha value is -2.83. The molecule has 2 aromatic carbocycles. The van der Waals surface area contributed by atoms with Crippen LogP contribution in [0, 0.1) is 6.92 Å². The summed E-state index contributed by atoms with van der Waals surface area (Å²) in [6, 6.07) is 14.4. The highest BCUT2D eigenvalue weighted by Crippen LogP contribution is 2.26. The molecule has 0 unspecified atom stereocenters. The third-order valence-corrected chi connectivity index (χ3v) is 5.07. The van der Waals surface area contributed by atoms with E-state index in [0.29, 0.717) is 16.5 Å². The van der Waals surface area contributed by atoms with Gasteiger partial charge in [0.1, 0.15) is 5.82 Å². The Morgan fingerprint density at radius 2 is 1.97 bits per heavy atom. The number of unbranched alkanes of at least 4 members (excludes halogenated alkanes) is 1. The van der Waals surface area contributed by atoms with Crippen molar-refractivity contribution in [3.8, 4) is 5.69 Å². The molecule has 0 saturated carbocycles. The number of urea groups is 1. The molecule has 0 atom stereocenters. The lowest BCUT2D eigenvalue weighted by atomic mass is 10.2. The molecule has 3 N–H and O–H groups in total. The number of nitrogens with zero attached hydrogens (tertiary/aromatic N) is 2. The molecule has 3 aromatic rings. The normalized spacial score (nSPS) is 10.8. The number of anilines is 2. The van der Waals surface area contributed by atoms with Crippen LogP contribution < -0.4 is 10.6 Å². The molecule has 0 fully saturated rings. The maximum atomic E-state index is 12.6. The quantitative estimate of drug-likeness (QED) is 0.491.